The van der Waals surface area contributed by atoms with Crippen LogP contribution in [0.1, 0.15) is 18.0 Å². The molecule has 2 nitrogen and oxygen atoms in total. The van der Waals surface area contributed by atoms with Gasteiger partial charge in [-0.1, -0.05) is 0 Å². The van der Waals surface area contributed by atoms with Crippen LogP contribution in [-0.2, 0) is 0 Å². The van der Waals surface area contributed by atoms with Gasteiger partial charge in [0, 0.05) is 15.2 Å². The van der Waals surface area contributed by atoms with Gasteiger partial charge >= 0.3 is 0 Å². The second kappa shape index (κ2) is 5.18. The first-order valence-electron chi connectivity index (χ1n) is 4.10. The molecule has 14 heavy (non-hydrogen) atoms. The maximum atomic E-state index is 9.81. The van der Waals surface area contributed by atoms with Gasteiger partial charge in [0.05, 0.1) is 3.57 Å². The summed E-state index contributed by atoms with van der Waals surface area (Å²) in [5.41, 5.74) is 1.04. The van der Waals surface area contributed by atoms with Crippen LogP contribution in [0.15, 0.2) is 12.1 Å². The molecule has 0 saturated carbocycles. The summed E-state index contributed by atoms with van der Waals surface area (Å²) in [5, 5.41) is 13.1. The molecule has 0 aromatic heterocycles. The van der Waals surface area contributed by atoms with E-state index in [1.54, 1.807) is 0 Å². The fraction of sp³-hybridized carbons (Fsp3) is 0.333. The van der Waals surface area contributed by atoms with Crippen LogP contribution >= 0.6 is 57.6 Å². The van der Waals surface area contributed by atoms with Gasteiger partial charge in [-0.3, -0.25) is 0 Å². The van der Waals surface area contributed by atoms with E-state index in [9.17, 15) is 5.11 Å². The molecule has 1 atom stereocenters. The van der Waals surface area contributed by atoms with Crippen LogP contribution in [0, 0.1) is 7.14 Å². The molecule has 0 spiro atoms. The van der Waals surface area contributed by atoms with E-state index in [0.717, 1.165) is 22.1 Å². The Balaban J connectivity index is 0.000000980. The summed E-state index contributed by atoms with van der Waals surface area (Å²) in [7, 11) is 0. The van der Waals surface area contributed by atoms with Crippen LogP contribution in [0.5, 0.6) is 5.75 Å². The van der Waals surface area contributed by atoms with Gasteiger partial charge in [0.15, 0.2) is 0 Å². The Morgan fingerprint density at radius 2 is 2.00 bits per heavy atom. The monoisotopic (exact) mass is 437 g/mol. The van der Waals surface area contributed by atoms with E-state index in [2.05, 4.69) is 56.6 Å². The molecule has 1 aromatic rings. The maximum Gasteiger partial charge on any atom is 0.133 e. The minimum atomic E-state index is 0. The molecule has 78 valence electrons. The number of nitrogens with one attached hydrogen (secondary N) is 1. The van der Waals surface area contributed by atoms with E-state index in [1.807, 2.05) is 6.07 Å². The average molecular weight is 437 g/mol. The third kappa shape index (κ3) is 2.45. The van der Waals surface area contributed by atoms with Gasteiger partial charge < -0.3 is 10.4 Å². The molecule has 1 saturated heterocycles. The van der Waals surface area contributed by atoms with Crippen molar-refractivity contribution >= 4 is 57.6 Å². The predicted molar refractivity (Wildman–Crippen MR) is 76.1 cm³/mol. The standard InChI is InChI=1S/C9H9I2NO.ClH/c10-5-3-6(8-1-2-12-8)9(13)7(11)4-5;/h3-4,8,12-13H,1-2H2;1H/t8-;/m0./s1. The molecule has 2 rings (SSSR count). The number of hydrogen-bond acceptors (Lipinski definition) is 2. The lowest BCUT2D eigenvalue weighted by Gasteiger charge is -2.29. The van der Waals surface area contributed by atoms with E-state index in [0.29, 0.717) is 11.8 Å². The zero-order valence-electron chi connectivity index (χ0n) is 7.26. The van der Waals surface area contributed by atoms with Gasteiger partial charge in [0.25, 0.3) is 0 Å². The number of hydrogen-bond donors (Lipinski definition) is 2. The highest BCUT2D eigenvalue weighted by Crippen LogP contribution is 2.34. The summed E-state index contributed by atoms with van der Waals surface area (Å²) in [6.45, 7) is 1.06. The molecule has 0 radical (unpaired) electrons. The van der Waals surface area contributed by atoms with Crippen LogP contribution in [0.2, 0.25) is 0 Å². The van der Waals surface area contributed by atoms with E-state index in [4.69, 9.17) is 0 Å². The molecule has 0 unspecified atom stereocenters. The first-order chi connectivity index (χ1) is 6.18. The van der Waals surface area contributed by atoms with Gasteiger partial charge in [-0.25, -0.2) is 0 Å². The molecule has 0 bridgehead atoms. The quantitative estimate of drug-likeness (QED) is 0.662. The Bertz CT molecular complexity index is 342. The lowest BCUT2D eigenvalue weighted by Crippen LogP contribution is -2.35. The van der Waals surface area contributed by atoms with E-state index < -0.39 is 0 Å². The van der Waals surface area contributed by atoms with Crippen molar-refractivity contribution in [1.29, 1.82) is 0 Å². The summed E-state index contributed by atoms with van der Waals surface area (Å²) in [5.74, 6) is 0.443. The Labute approximate surface area is 117 Å². The average Bonchev–Trinajstić information content (AvgIpc) is 1.95. The highest BCUT2D eigenvalue weighted by atomic mass is 127. The molecule has 1 aromatic carbocycles. The molecular formula is C9H10ClI2NO. The number of phenols is 1. The lowest BCUT2D eigenvalue weighted by atomic mass is 9.97. The molecule has 0 amide bonds. The second-order valence-corrected chi connectivity index (χ2v) is 5.53. The number of halogens is 3. The SMILES string of the molecule is Cl.Oc1c(I)cc(I)cc1[C@@H]1CCN1. The molecule has 2 N–H and O–H groups in total. The van der Waals surface area contributed by atoms with Crippen LogP contribution in [-0.4, -0.2) is 11.7 Å². The number of benzene rings is 1. The summed E-state index contributed by atoms with van der Waals surface area (Å²) in [6, 6.07) is 4.40. The number of aromatic hydroxyl groups is 1. The summed E-state index contributed by atoms with van der Waals surface area (Å²) < 4.78 is 2.12. The van der Waals surface area contributed by atoms with Crippen molar-refractivity contribution in [2.24, 2.45) is 0 Å². The summed E-state index contributed by atoms with van der Waals surface area (Å²) in [4.78, 5) is 0. The first kappa shape index (κ1) is 12.8. The van der Waals surface area contributed by atoms with Crippen molar-refractivity contribution in [3.63, 3.8) is 0 Å². The van der Waals surface area contributed by atoms with E-state index >= 15 is 0 Å². The van der Waals surface area contributed by atoms with E-state index in [-0.39, 0.29) is 12.4 Å². The van der Waals surface area contributed by atoms with Crippen molar-refractivity contribution in [2.75, 3.05) is 6.54 Å². The van der Waals surface area contributed by atoms with Crippen LogP contribution < -0.4 is 5.32 Å². The largest absolute Gasteiger partial charge is 0.506 e. The van der Waals surface area contributed by atoms with Gasteiger partial charge in [0.2, 0.25) is 0 Å². The zero-order chi connectivity index (χ0) is 9.42. The minimum Gasteiger partial charge on any atom is -0.506 e. The number of phenolic OH excluding ortho intramolecular Hbond substituents is 1. The smallest absolute Gasteiger partial charge is 0.133 e. The zero-order valence-corrected chi connectivity index (χ0v) is 12.4. The Hall–Kier alpha value is 0.730. The number of rotatable bonds is 1. The third-order valence-electron chi connectivity index (χ3n) is 2.26. The van der Waals surface area contributed by atoms with E-state index in [1.165, 1.54) is 3.57 Å². The first-order valence-corrected chi connectivity index (χ1v) is 6.25. The van der Waals surface area contributed by atoms with Crippen LogP contribution in [0.4, 0.5) is 0 Å². The molecule has 1 heterocycles. The van der Waals surface area contributed by atoms with Crippen LogP contribution in [0.25, 0.3) is 0 Å². The topological polar surface area (TPSA) is 32.3 Å². The molecule has 0 aliphatic carbocycles. The fourth-order valence-corrected chi connectivity index (χ4v) is 3.30. The molecule has 1 fully saturated rings. The normalized spacial score (nSPS) is 19.7. The van der Waals surface area contributed by atoms with Gasteiger partial charge in [-0.05, 0) is 70.3 Å². The Kier molecular flexibility index (Phi) is 4.73. The van der Waals surface area contributed by atoms with Crippen molar-refractivity contribution in [1.82, 2.24) is 5.32 Å². The highest BCUT2D eigenvalue weighted by molar-refractivity contribution is 14.1. The highest BCUT2D eigenvalue weighted by Gasteiger charge is 2.22. The molecule has 1 aliphatic rings. The predicted octanol–water partition coefficient (Wildman–Crippen LogP) is 3.06. The second-order valence-electron chi connectivity index (χ2n) is 3.12. The lowest BCUT2D eigenvalue weighted by molar-refractivity contribution is 0.363. The fourth-order valence-electron chi connectivity index (χ4n) is 1.41. The minimum absolute atomic E-state index is 0. The Morgan fingerprint density at radius 3 is 2.50 bits per heavy atom. The molecule has 5 heteroatoms. The summed E-state index contributed by atoms with van der Waals surface area (Å²) in [6.07, 6.45) is 1.13. The maximum absolute atomic E-state index is 9.81. The third-order valence-corrected chi connectivity index (χ3v) is 3.70. The summed E-state index contributed by atoms with van der Waals surface area (Å²) >= 11 is 4.44. The van der Waals surface area contributed by atoms with Crippen molar-refractivity contribution < 1.29 is 5.11 Å². The molecule has 1 aliphatic heterocycles. The Morgan fingerprint density at radius 1 is 1.36 bits per heavy atom. The van der Waals surface area contributed by atoms with Crippen molar-refractivity contribution in [2.45, 2.75) is 12.5 Å². The van der Waals surface area contributed by atoms with Crippen LogP contribution in [0.3, 0.4) is 0 Å². The van der Waals surface area contributed by atoms with Gasteiger partial charge in [-0.2, -0.15) is 0 Å². The van der Waals surface area contributed by atoms with Crippen molar-refractivity contribution in [3.05, 3.63) is 24.8 Å². The van der Waals surface area contributed by atoms with Gasteiger partial charge in [0.1, 0.15) is 5.75 Å². The van der Waals surface area contributed by atoms with Crippen molar-refractivity contribution in [3.8, 4) is 5.75 Å². The van der Waals surface area contributed by atoms with Gasteiger partial charge in [-0.15, -0.1) is 12.4 Å². The molecular weight excluding hydrogens is 427 g/mol.